The number of hydrogen-bond acceptors (Lipinski definition) is 2. The minimum Gasteiger partial charge on any atom is -0.227 e. The molecule has 0 bridgehead atoms. The lowest BCUT2D eigenvalue weighted by atomic mass is 10.5. The molecule has 0 unspecified atom stereocenters. The van der Waals surface area contributed by atoms with Gasteiger partial charge in [0.25, 0.3) is 0 Å². The van der Waals surface area contributed by atoms with Crippen molar-refractivity contribution in [2.75, 3.05) is 0 Å². The summed E-state index contributed by atoms with van der Waals surface area (Å²) in [7, 11) is 1.93. The number of rotatable bonds is 0. The van der Waals surface area contributed by atoms with E-state index in [-0.39, 0.29) is 0 Å². The average Bonchev–Trinajstić information content (AvgIpc) is 2.33. The zero-order valence-electron chi connectivity index (χ0n) is 6.52. The molecule has 0 atom stereocenters. The summed E-state index contributed by atoms with van der Waals surface area (Å²) in [5, 5.41) is 4.08. The van der Waals surface area contributed by atoms with E-state index in [9.17, 15) is 0 Å². The predicted octanol–water partition coefficient (Wildman–Crippen LogP) is -0.138. The third-order valence-corrected chi connectivity index (χ3v) is 1.60. The van der Waals surface area contributed by atoms with Crippen molar-refractivity contribution >= 4 is 5.78 Å². The first-order valence-corrected chi connectivity index (χ1v) is 3.44. The van der Waals surface area contributed by atoms with Crippen LogP contribution >= 0.6 is 0 Å². The number of aromatic nitrogens is 4. The fourth-order valence-electron chi connectivity index (χ4n) is 1.01. The van der Waals surface area contributed by atoms with Gasteiger partial charge in [0.15, 0.2) is 0 Å². The van der Waals surface area contributed by atoms with Gasteiger partial charge in [0.05, 0.1) is 18.9 Å². The molecule has 0 aliphatic rings. The monoisotopic (exact) mass is 149 g/mol. The van der Waals surface area contributed by atoms with Gasteiger partial charge >= 0.3 is 5.78 Å². The zero-order valence-corrected chi connectivity index (χ0v) is 6.52. The van der Waals surface area contributed by atoms with E-state index in [1.807, 2.05) is 30.8 Å². The topological polar surface area (TPSA) is 34.1 Å². The molecule has 0 N–H and O–H groups in total. The molecule has 2 rings (SSSR count). The molecule has 2 heterocycles. The summed E-state index contributed by atoms with van der Waals surface area (Å²) in [6.07, 6.45) is 3.64. The van der Waals surface area contributed by atoms with E-state index >= 15 is 0 Å². The molecular weight excluding hydrogens is 140 g/mol. The molecule has 2 aromatic rings. The molecule has 2 aromatic heterocycles. The zero-order chi connectivity index (χ0) is 7.84. The van der Waals surface area contributed by atoms with Crippen LogP contribution in [-0.2, 0) is 7.05 Å². The lowest BCUT2D eigenvalue weighted by Gasteiger charge is -1.85. The standard InChI is InChI=1S/C7H9N4/c1-6-3-4-11-7(9-6)10(2)5-8-11/h3-5H,1-2H3/q+1. The second-order valence-corrected chi connectivity index (χ2v) is 2.56. The van der Waals surface area contributed by atoms with E-state index in [4.69, 9.17) is 0 Å². The summed E-state index contributed by atoms with van der Waals surface area (Å²) < 4.78 is 3.62. The maximum atomic E-state index is 4.30. The van der Waals surface area contributed by atoms with Crippen molar-refractivity contribution in [2.24, 2.45) is 7.05 Å². The predicted molar refractivity (Wildman–Crippen MR) is 38.9 cm³/mol. The van der Waals surface area contributed by atoms with Crippen LogP contribution in [0.25, 0.3) is 5.78 Å². The van der Waals surface area contributed by atoms with Crippen LogP contribution in [0, 0.1) is 6.92 Å². The van der Waals surface area contributed by atoms with Crippen molar-refractivity contribution < 1.29 is 4.57 Å². The Kier molecular flexibility index (Phi) is 1.15. The quantitative estimate of drug-likeness (QED) is 0.489. The fraction of sp³-hybridized carbons (Fsp3) is 0.286. The molecular formula is C7H9N4+. The number of hydrogen-bond donors (Lipinski definition) is 0. The number of nitrogens with zero attached hydrogens (tertiary/aromatic N) is 4. The number of fused-ring (bicyclic) bond motifs is 1. The lowest BCUT2D eigenvalue weighted by Crippen LogP contribution is -2.26. The molecule has 0 fully saturated rings. The largest absolute Gasteiger partial charge is 0.386 e. The van der Waals surface area contributed by atoms with Crippen LogP contribution in [-0.4, -0.2) is 14.6 Å². The van der Waals surface area contributed by atoms with Gasteiger partial charge < -0.3 is 0 Å². The Morgan fingerprint density at radius 1 is 1.55 bits per heavy atom. The van der Waals surface area contributed by atoms with Crippen LogP contribution < -0.4 is 4.57 Å². The van der Waals surface area contributed by atoms with Gasteiger partial charge in [-0.2, -0.15) is 0 Å². The Morgan fingerprint density at radius 3 is 3.18 bits per heavy atom. The molecule has 0 saturated heterocycles. The van der Waals surface area contributed by atoms with Gasteiger partial charge in [0, 0.05) is 6.07 Å². The minimum atomic E-state index is 0.866. The molecule has 11 heavy (non-hydrogen) atoms. The highest BCUT2D eigenvalue weighted by atomic mass is 15.3. The fourth-order valence-corrected chi connectivity index (χ4v) is 1.01. The Bertz CT molecular complexity index is 390. The van der Waals surface area contributed by atoms with Crippen molar-refractivity contribution in [3.63, 3.8) is 0 Å². The molecule has 0 spiro atoms. The highest BCUT2D eigenvalue weighted by molar-refractivity contribution is 5.18. The second-order valence-electron chi connectivity index (χ2n) is 2.56. The third kappa shape index (κ3) is 0.869. The van der Waals surface area contributed by atoms with E-state index in [0.29, 0.717) is 0 Å². The molecule has 56 valence electrons. The van der Waals surface area contributed by atoms with Crippen LogP contribution in [0.3, 0.4) is 0 Å². The van der Waals surface area contributed by atoms with Gasteiger partial charge in [-0.05, 0) is 12.0 Å². The van der Waals surface area contributed by atoms with E-state index < -0.39 is 0 Å². The summed E-state index contributed by atoms with van der Waals surface area (Å²) in [5.41, 5.74) is 1.01. The van der Waals surface area contributed by atoms with Gasteiger partial charge in [0.1, 0.15) is 0 Å². The van der Waals surface area contributed by atoms with Crippen LogP contribution in [0.5, 0.6) is 0 Å². The first-order valence-electron chi connectivity index (χ1n) is 3.44. The van der Waals surface area contributed by atoms with Crippen molar-refractivity contribution in [1.29, 1.82) is 0 Å². The maximum absolute atomic E-state index is 4.30. The van der Waals surface area contributed by atoms with Gasteiger partial charge in [0.2, 0.25) is 6.33 Å². The molecule has 0 aromatic carbocycles. The van der Waals surface area contributed by atoms with E-state index in [1.54, 1.807) is 10.8 Å². The molecule has 4 nitrogen and oxygen atoms in total. The summed E-state index contributed by atoms with van der Waals surface area (Å²) in [6, 6.07) is 1.93. The summed E-state index contributed by atoms with van der Waals surface area (Å²) in [4.78, 5) is 4.30. The minimum absolute atomic E-state index is 0.866. The SMILES string of the molecule is Cc1ccn2nc[n+](C)c2n1. The van der Waals surface area contributed by atoms with Crippen LogP contribution in [0.15, 0.2) is 18.6 Å². The van der Waals surface area contributed by atoms with Crippen LogP contribution in [0.1, 0.15) is 5.69 Å². The van der Waals surface area contributed by atoms with Gasteiger partial charge in [-0.15, -0.1) is 4.98 Å². The molecule has 0 saturated carbocycles. The number of aryl methyl sites for hydroxylation is 2. The van der Waals surface area contributed by atoms with Crippen molar-refractivity contribution in [2.45, 2.75) is 6.92 Å². The van der Waals surface area contributed by atoms with Crippen molar-refractivity contribution in [1.82, 2.24) is 14.6 Å². The highest BCUT2D eigenvalue weighted by Gasteiger charge is 2.07. The Balaban J connectivity index is 2.87. The van der Waals surface area contributed by atoms with E-state index in [2.05, 4.69) is 10.1 Å². The first kappa shape index (κ1) is 6.27. The van der Waals surface area contributed by atoms with Crippen LogP contribution in [0.4, 0.5) is 0 Å². The second kappa shape index (κ2) is 2.02. The Labute approximate surface area is 64.1 Å². The molecule has 4 heteroatoms. The smallest absolute Gasteiger partial charge is 0.227 e. The first-order chi connectivity index (χ1) is 5.27. The molecule has 0 aliphatic heterocycles. The maximum Gasteiger partial charge on any atom is 0.386 e. The summed E-state index contributed by atoms with van der Waals surface area (Å²) >= 11 is 0. The van der Waals surface area contributed by atoms with Gasteiger partial charge in [-0.3, -0.25) is 0 Å². The summed E-state index contributed by atoms with van der Waals surface area (Å²) in [6.45, 7) is 1.97. The molecule has 0 radical (unpaired) electrons. The third-order valence-electron chi connectivity index (χ3n) is 1.60. The normalized spacial score (nSPS) is 10.7. The van der Waals surface area contributed by atoms with E-state index in [0.717, 1.165) is 11.5 Å². The van der Waals surface area contributed by atoms with Gasteiger partial charge in [-0.1, -0.05) is 4.52 Å². The van der Waals surface area contributed by atoms with Crippen LogP contribution in [0.2, 0.25) is 0 Å². The Morgan fingerprint density at radius 2 is 2.36 bits per heavy atom. The Hall–Kier alpha value is -1.45. The van der Waals surface area contributed by atoms with E-state index in [1.165, 1.54) is 0 Å². The van der Waals surface area contributed by atoms with Crippen molar-refractivity contribution in [3.8, 4) is 0 Å². The lowest BCUT2D eigenvalue weighted by molar-refractivity contribution is -0.648. The average molecular weight is 149 g/mol. The molecule has 0 amide bonds. The summed E-state index contributed by atoms with van der Waals surface area (Å²) in [5.74, 6) is 0.866. The molecule has 0 aliphatic carbocycles. The highest BCUT2D eigenvalue weighted by Crippen LogP contribution is 1.93. The van der Waals surface area contributed by atoms with Gasteiger partial charge in [-0.25, -0.2) is 4.57 Å². The van der Waals surface area contributed by atoms with Crippen molar-refractivity contribution in [3.05, 3.63) is 24.3 Å².